The fourth-order valence-electron chi connectivity index (χ4n) is 1.77. The number of thiophene rings is 1. The highest BCUT2D eigenvalue weighted by atomic mass is 32.1. The van der Waals surface area contributed by atoms with E-state index in [1.54, 1.807) is 17.3 Å². The summed E-state index contributed by atoms with van der Waals surface area (Å²) in [6.45, 7) is 2.62. The molecule has 0 aromatic carbocycles. The van der Waals surface area contributed by atoms with E-state index >= 15 is 0 Å². The van der Waals surface area contributed by atoms with E-state index in [2.05, 4.69) is 10.3 Å². The molecule has 0 unspecified atom stereocenters. The van der Waals surface area contributed by atoms with Gasteiger partial charge in [0.2, 0.25) is 0 Å². The summed E-state index contributed by atoms with van der Waals surface area (Å²) in [5.41, 5.74) is 0.929. The van der Waals surface area contributed by atoms with Crippen LogP contribution >= 0.6 is 11.3 Å². The molecule has 0 spiro atoms. The normalized spacial score (nSPS) is 10.3. The number of amides is 2. The number of aliphatic hydroxyl groups is 1. The number of nitrogens with one attached hydrogen (secondary N) is 1. The molecule has 2 heterocycles. The molecule has 2 aromatic rings. The van der Waals surface area contributed by atoms with Gasteiger partial charge in [0.25, 0.3) is 0 Å². The largest absolute Gasteiger partial charge is 0.395 e. The summed E-state index contributed by atoms with van der Waals surface area (Å²) in [4.78, 5) is 18.9. The summed E-state index contributed by atoms with van der Waals surface area (Å²) in [7, 11) is 0. The fourth-order valence-corrected chi connectivity index (χ4v) is 2.53. The number of anilines is 1. The van der Waals surface area contributed by atoms with Crippen molar-refractivity contribution in [3.8, 4) is 0 Å². The molecule has 0 aliphatic carbocycles. The van der Waals surface area contributed by atoms with Gasteiger partial charge in [0.15, 0.2) is 0 Å². The van der Waals surface area contributed by atoms with Gasteiger partial charge in [-0.3, -0.25) is 10.3 Å². The average Bonchev–Trinajstić information content (AvgIpc) is 2.85. The lowest BCUT2D eigenvalue weighted by Crippen LogP contribution is -2.36. The smallest absolute Gasteiger partial charge is 0.322 e. The number of aromatic nitrogens is 1. The van der Waals surface area contributed by atoms with Crippen LogP contribution in [0, 0.1) is 6.92 Å². The van der Waals surface area contributed by atoms with E-state index in [9.17, 15) is 4.79 Å². The molecule has 0 saturated heterocycles. The molecule has 6 heteroatoms. The van der Waals surface area contributed by atoms with Gasteiger partial charge in [0.1, 0.15) is 0 Å². The maximum atomic E-state index is 12.2. The Hall–Kier alpha value is -1.92. The molecule has 0 aliphatic rings. The molecule has 20 heavy (non-hydrogen) atoms. The third kappa shape index (κ3) is 4.04. The van der Waals surface area contributed by atoms with Crippen molar-refractivity contribution in [1.29, 1.82) is 0 Å². The van der Waals surface area contributed by atoms with Crippen LogP contribution in [0.4, 0.5) is 9.80 Å². The van der Waals surface area contributed by atoms with Crippen molar-refractivity contribution in [1.82, 2.24) is 9.88 Å². The summed E-state index contributed by atoms with van der Waals surface area (Å²) in [6, 6.07) is 7.34. The first-order valence-electron chi connectivity index (χ1n) is 6.31. The fraction of sp³-hybridized carbons (Fsp3) is 0.286. The number of aryl methyl sites for hydroxylation is 1. The first-order valence-corrected chi connectivity index (χ1v) is 7.13. The third-order valence-electron chi connectivity index (χ3n) is 2.72. The SMILES string of the molecule is Cc1ccc(NC(=O)N(CCO)Cc2cccnc2)s1. The standard InChI is InChI=1S/C14H17N3O2S/c1-11-4-5-13(20-11)16-14(19)17(7-8-18)10-12-3-2-6-15-9-12/h2-6,9,18H,7-8,10H2,1H3,(H,16,19). The zero-order chi connectivity index (χ0) is 14.4. The number of hydrogen-bond acceptors (Lipinski definition) is 4. The minimum Gasteiger partial charge on any atom is -0.395 e. The summed E-state index contributed by atoms with van der Waals surface area (Å²) < 4.78 is 0. The average molecular weight is 291 g/mol. The number of carbonyl (C=O) groups excluding carboxylic acids is 1. The molecule has 0 saturated carbocycles. The topological polar surface area (TPSA) is 65.5 Å². The Labute approximate surface area is 121 Å². The first kappa shape index (κ1) is 14.5. The molecule has 2 aromatic heterocycles. The Morgan fingerprint density at radius 1 is 1.45 bits per heavy atom. The maximum Gasteiger partial charge on any atom is 0.322 e. The van der Waals surface area contributed by atoms with Gasteiger partial charge in [-0.1, -0.05) is 6.07 Å². The lowest BCUT2D eigenvalue weighted by Gasteiger charge is -2.21. The van der Waals surface area contributed by atoms with Crippen LogP contribution in [0.3, 0.4) is 0 Å². The molecule has 2 rings (SSSR count). The van der Waals surface area contributed by atoms with Crippen molar-refractivity contribution in [2.75, 3.05) is 18.5 Å². The second-order valence-electron chi connectivity index (χ2n) is 4.35. The van der Waals surface area contributed by atoms with Gasteiger partial charge >= 0.3 is 6.03 Å². The van der Waals surface area contributed by atoms with Crippen LogP contribution in [0.5, 0.6) is 0 Å². The molecule has 0 bridgehead atoms. The van der Waals surface area contributed by atoms with Crippen molar-refractivity contribution in [2.45, 2.75) is 13.5 Å². The Kier molecular flexibility index (Phi) is 5.09. The predicted octanol–water partition coefficient (Wildman–Crippen LogP) is 2.48. The van der Waals surface area contributed by atoms with Crippen LogP contribution in [0.15, 0.2) is 36.7 Å². The Balaban J connectivity index is 2.02. The molecule has 0 aliphatic heterocycles. The number of aliphatic hydroxyl groups excluding tert-OH is 1. The molecule has 106 valence electrons. The number of rotatable bonds is 5. The first-order chi connectivity index (χ1) is 9.69. The van der Waals surface area contributed by atoms with Crippen LogP contribution in [-0.4, -0.2) is 34.2 Å². The zero-order valence-corrected chi connectivity index (χ0v) is 12.1. The van der Waals surface area contributed by atoms with Crippen molar-refractivity contribution < 1.29 is 9.90 Å². The van der Waals surface area contributed by atoms with Gasteiger partial charge in [-0.25, -0.2) is 4.79 Å². The minimum atomic E-state index is -0.218. The molecule has 5 nitrogen and oxygen atoms in total. The number of pyridine rings is 1. The highest BCUT2D eigenvalue weighted by Gasteiger charge is 2.14. The molecule has 0 atom stereocenters. The van der Waals surface area contributed by atoms with Crippen molar-refractivity contribution in [2.24, 2.45) is 0 Å². The second kappa shape index (κ2) is 7.02. The molecular formula is C14H17N3O2S. The van der Waals surface area contributed by atoms with Gasteiger partial charge in [-0.05, 0) is 30.7 Å². The predicted molar refractivity (Wildman–Crippen MR) is 79.8 cm³/mol. The van der Waals surface area contributed by atoms with Gasteiger partial charge in [-0.15, -0.1) is 11.3 Å². The zero-order valence-electron chi connectivity index (χ0n) is 11.2. The van der Waals surface area contributed by atoms with Crippen molar-refractivity contribution >= 4 is 22.4 Å². The molecular weight excluding hydrogens is 274 g/mol. The third-order valence-corrected chi connectivity index (χ3v) is 3.64. The lowest BCUT2D eigenvalue weighted by molar-refractivity contribution is 0.185. The van der Waals surface area contributed by atoms with Crippen LogP contribution in [0.2, 0.25) is 0 Å². The number of urea groups is 1. The van der Waals surface area contributed by atoms with E-state index in [4.69, 9.17) is 5.11 Å². The van der Waals surface area contributed by atoms with Crippen molar-refractivity contribution in [3.63, 3.8) is 0 Å². The summed E-state index contributed by atoms with van der Waals surface area (Å²) in [6.07, 6.45) is 3.40. The Morgan fingerprint density at radius 3 is 2.90 bits per heavy atom. The van der Waals surface area contributed by atoms with E-state index in [0.29, 0.717) is 6.54 Å². The molecule has 0 fully saturated rings. The monoisotopic (exact) mass is 291 g/mol. The van der Waals surface area contributed by atoms with E-state index in [1.807, 2.05) is 31.2 Å². The molecule has 2 N–H and O–H groups in total. The summed E-state index contributed by atoms with van der Waals surface area (Å²) >= 11 is 1.52. The number of carbonyl (C=O) groups is 1. The number of nitrogens with zero attached hydrogens (tertiary/aromatic N) is 2. The van der Waals surface area contributed by atoms with Gasteiger partial charge in [0, 0.05) is 30.4 Å². The lowest BCUT2D eigenvalue weighted by atomic mass is 10.2. The maximum absolute atomic E-state index is 12.2. The van der Waals surface area contributed by atoms with Gasteiger partial charge < -0.3 is 10.0 Å². The van der Waals surface area contributed by atoms with Crippen LogP contribution < -0.4 is 5.32 Å². The Morgan fingerprint density at radius 2 is 2.30 bits per heavy atom. The van der Waals surface area contributed by atoms with Crippen LogP contribution in [-0.2, 0) is 6.54 Å². The summed E-state index contributed by atoms with van der Waals surface area (Å²) in [5.74, 6) is 0. The second-order valence-corrected chi connectivity index (χ2v) is 5.63. The quantitative estimate of drug-likeness (QED) is 0.889. The van der Waals surface area contributed by atoms with Gasteiger partial charge in [0.05, 0.1) is 11.6 Å². The van der Waals surface area contributed by atoms with E-state index in [-0.39, 0.29) is 19.2 Å². The Bertz CT molecular complexity index is 557. The van der Waals surface area contributed by atoms with E-state index < -0.39 is 0 Å². The summed E-state index contributed by atoms with van der Waals surface area (Å²) in [5, 5.41) is 12.7. The van der Waals surface area contributed by atoms with Crippen LogP contribution in [0.1, 0.15) is 10.4 Å². The minimum absolute atomic E-state index is 0.0723. The van der Waals surface area contributed by atoms with Crippen molar-refractivity contribution in [3.05, 3.63) is 47.1 Å². The molecule has 0 radical (unpaired) electrons. The highest BCUT2D eigenvalue weighted by Crippen LogP contribution is 2.21. The van der Waals surface area contributed by atoms with E-state index in [1.165, 1.54) is 11.3 Å². The van der Waals surface area contributed by atoms with E-state index in [0.717, 1.165) is 15.4 Å². The molecule has 2 amide bonds. The van der Waals surface area contributed by atoms with Gasteiger partial charge in [-0.2, -0.15) is 0 Å². The highest BCUT2D eigenvalue weighted by molar-refractivity contribution is 7.16. The van der Waals surface area contributed by atoms with Crippen LogP contribution in [0.25, 0.3) is 0 Å². The number of hydrogen-bond donors (Lipinski definition) is 2.